The van der Waals surface area contributed by atoms with Gasteiger partial charge in [-0.25, -0.2) is 0 Å². The summed E-state index contributed by atoms with van der Waals surface area (Å²) in [4.78, 5) is 2.54. The zero-order valence-corrected chi connectivity index (χ0v) is 9.28. The summed E-state index contributed by atoms with van der Waals surface area (Å²) < 4.78 is 0. The lowest BCUT2D eigenvalue weighted by Gasteiger charge is -2.30. The lowest BCUT2D eigenvalue weighted by atomic mass is 9.94. The summed E-state index contributed by atoms with van der Waals surface area (Å²) in [5, 5.41) is 9.85. The summed E-state index contributed by atoms with van der Waals surface area (Å²) in [6.45, 7) is 4.27. The van der Waals surface area contributed by atoms with Crippen LogP contribution in [-0.2, 0) is 0 Å². The van der Waals surface area contributed by atoms with E-state index >= 15 is 0 Å². The van der Waals surface area contributed by atoms with Crippen LogP contribution >= 0.6 is 0 Å². The summed E-state index contributed by atoms with van der Waals surface area (Å²) in [7, 11) is 0. The first-order chi connectivity index (χ1) is 6.81. The average molecular weight is 197 g/mol. The van der Waals surface area contributed by atoms with Gasteiger partial charge in [-0.1, -0.05) is 26.2 Å². The van der Waals surface area contributed by atoms with Gasteiger partial charge in [-0.15, -0.1) is 0 Å². The molecule has 0 aromatic rings. The van der Waals surface area contributed by atoms with Crippen molar-refractivity contribution in [3.63, 3.8) is 0 Å². The van der Waals surface area contributed by atoms with Gasteiger partial charge in [0, 0.05) is 19.1 Å². The topological polar surface area (TPSA) is 23.5 Å². The lowest BCUT2D eigenvalue weighted by molar-refractivity contribution is 0.128. The van der Waals surface area contributed by atoms with E-state index in [1.165, 1.54) is 32.1 Å². The summed E-state index contributed by atoms with van der Waals surface area (Å²) >= 11 is 0. The maximum atomic E-state index is 9.85. The molecule has 2 heteroatoms. The van der Waals surface area contributed by atoms with Crippen molar-refractivity contribution in [3.05, 3.63) is 0 Å². The predicted octanol–water partition coefficient (Wildman–Crippen LogP) is 2.02. The Kier molecular flexibility index (Phi) is 3.45. The SMILES string of the molecule is CCC1CN(C2CCCCC2)CC1O. The van der Waals surface area contributed by atoms with E-state index in [1.54, 1.807) is 0 Å². The van der Waals surface area contributed by atoms with Crippen LogP contribution in [-0.4, -0.2) is 35.2 Å². The van der Waals surface area contributed by atoms with E-state index in [9.17, 15) is 5.11 Å². The van der Waals surface area contributed by atoms with Crippen LogP contribution in [0.25, 0.3) is 0 Å². The van der Waals surface area contributed by atoms with Crippen molar-refractivity contribution in [2.45, 2.75) is 57.6 Å². The zero-order valence-electron chi connectivity index (χ0n) is 9.28. The van der Waals surface area contributed by atoms with Crippen molar-refractivity contribution in [2.75, 3.05) is 13.1 Å². The van der Waals surface area contributed by atoms with Gasteiger partial charge < -0.3 is 5.11 Å². The highest BCUT2D eigenvalue weighted by molar-refractivity contribution is 4.87. The van der Waals surface area contributed by atoms with E-state index < -0.39 is 0 Å². The summed E-state index contributed by atoms with van der Waals surface area (Å²) in [5.41, 5.74) is 0. The Morgan fingerprint density at radius 3 is 2.43 bits per heavy atom. The molecular weight excluding hydrogens is 174 g/mol. The van der Waals surface area contributed by atoms with Crippen LogP contribution in [0.4, 0.5) is 0 Å². The zero-order chi connectivity index (χ0) is 9.97. The minimum absolute atomic E-state index is 0.0538. The normalized spacial score (nSPS) is 36.4. The molecule has 2 rings (SSSR count). The van der Waals surface area contributed by atoms with Gasteiger partial charge in [0.2, 0.25) is 0 Å². The van der Waals surface area contributed by atoms with E-state index in [0.29, 0.717) is 5.92 Å². The van der Waals surface area contributed by atoms with Crippen LogP contribution in [0.15, 0.2) is 0 Å². The number of β-amino-alcohol motifs (C(OH)–C–C–N with tert-alkyl or cyclic N) is 1. The van der Waals surface area contributed by atoms with Gasteiger partial charge >= 0.3 is 0 Å². The van der Waals surface area contributed by atoms with Gasteiger partial charge in [-0.3, -0.25) is 4.90 Å². The molecule has 82 valence electrons. The molecule has 0 bridgehead atoms. The van der Waals surface area contributed by atoms with Crippen molar-refractivity contribution >= 4 is 0 Å². The minimum Gasteiger partial charge on any atom is -0.391 e. The maximum absolute atomic E-state index is 9.85. The number of rotatable bonds is 2. The second kappa shape index (κ2) is 4.63. The number of aliphatic hydroxyl groups excluding tert-OH is 1. The Balaban J connectivity index is 1.86. The lowest BCUT2D eigenvalue weighted by Crippen LogP contribution is -2.35. The van der Waals surface area contributed by atoms with Gasteiger partial charge in [-0.2, -0.15) is 0 Å². The fraction of sp³-hybridized carbons (Fsp3) is 1.00. The Morgan fingerprint density at radius 2 is 1.86 bits per heavy atom. The van der Waals surface area contributed by atoms with Crippen molar-refractivity contribution in [2.24, 2.45) is 5.92 Å². The summed E-state index contributed by atoms with van der Waals surface area (Å²) in [6, 6.07) is 0.787. The molecule has 1 aliphatic heterocycles. The van der Waals surface area contributed by atoms with Crippen LogP contribution in [0.2, 0.25) is 0 Å². The van der Waals surface area contributed by atoms with Gasteiger partial charge in [0.1, 0.15) is 0 Å². The van der Waals surface area contributed by atoms with Gasteiger partial charge in [0.15, 0.2) is 0 Å². The number of hydrogen-bond donors (Lipinski definition) is 1. The molecule has 1 aliphatic carbocycles. The molecule has 1 N–H and O–H groups in total. The quantitative estimate of drug-likeness (QED) is 0.732. The molecule has 0 radical (unpaired) electrons. The Labute approximate surface area is 87.3 Å². The highest BCUT2D eigenvalue weighted by atomic mass is 16.3. The van der Waals surface area contributed by atoms with E-state index in [1.807, 2.05) is 0 Å². The Bertz CT molecular complexity index is 177. The molecule has 2 nitrogen and oxygen atoms in total. The molecule has 1 saturated carbocycles. The van der Waals surface area contributed by atoms with Crippen LogP contribution in [0.5, 0.6) is 0 Å². The van der Waals surface area contributed by atoms with Crippen LogP contribution < -0.4 is 0 Å². The molecule has 1 heterocycles. The number of aliphatic hydroxyl groups is 1. The van der Waals surface area contributed by atoms with E-state index in [4.69, 9.17) is 0 Å². The van der Waals surface area contributed by atoms with Crippen LogP contribution in [0, 0.1) is 5.92 Å². The third-order valence-electron chi connectivity index (χ3n) is 4.05. The molecule has 0 aromatic carbocycles. The molecule has 0 amide bonds. The van der Waals surface area contributed by atoms with Crippen molar-refractivity contribution < 1.29 is 5.11 Å². The molecular formula is C12H23NO. The predicted molar refractivity (Wildman–Crippen MR) is 58.2 cm³/mol. The van der Waals surface area contributed by atoms with Gasteiger partial charge in [0.05, 0.1) is 6.10 Å². The first-order valence-electron chi connectivity index (χ1n) is 6.23. The molecule has 2 unspecified atom stereocenters. The molecule has 0 aromatic heterocycles. The van der Waals surface area contributed by atoms with Crippen LogP contribution in [0.3, 0.4) is 0 Å². The first-order valence-corrected chi connectivity index (χ1v) is 6.23. The number of hydrogen-bond acceptors (Lipinski definition) is 2. The Hall–Kier alpha value is -0.0800. The Morgan fingerprint density at radius 1 is 1.14 bits per heavy atom. The van der Waals surface area contributed by atoms with Crippen molar-refractivity contribution in [3.8, 4) is 0 Å². The molecule has 2 aliphatic rings. The highest BCUT2D eigenvalue weighted by Crippen LogP contribution is 2.28. The molecule has 2 atom stereocenters. The fourth-order valence-corrected chi connectivity index (χ4v) is 3.03. The first kappa shape index (κ1) is 10.4. The molecule has 2 fully saturated rings. The summed E-state index contributed by atoms with van der Waals surface area (Å²) in [6.07, 6.45) is 8.02. The molecule has 0 spiro atoms. The van der Waals surface area contributed by atoms with Crippen LogP contribution in [0.1, 0.15) is 45.4 Å². The number of nitrogens with zero attached hydrogens (tertiary/aromatic N) is 1. The molecule has 1 saturated heterocycles. The monoisotopic (exact) mass is 197 g/mol. The number of likely N-dealkylation sites (tertiary alicyclic amines) is 1. The second-order valence-electron chi connectivity index (χ2n) is 4.98. The third-order valence-corrected chi connectivity index (χ3v) is 4.05. The minimum atomic E-state index is -0.0538. The largest absolute Gasteiger partial charge is 0.391 e. The fourth-order valence-electron chi connectivity index (χ4n) is 3.03. The summed E-state index contributed by atoms with van der Waals surface area (Å²) in [5.74, 6) is 0.539. The van der Waals surface area contributed by atoms with E-state index in [-0.39, 0.29) is 6.10 Å². The van der Waals surface area contributed by atoms with E-state index in [0.717, 1.165) is 25.6 Å². The third kappa shape index (κ3) is 2.12. The van der Waals surface area contributed by atoms with Crippen molar-refractivity contribution in [1.82, 2.24) is 4.90 Å². The van der Waals surface area contributed by atoms with Gasteiger partial charge in [0.25, 0.3) is 0 Å². The average Bonchev–Trinajstić information content (AvgIpc) is 2.61. The standard InChI is InChI=1S/C12H23NO/c1-2-10-8-13(9-12(10)14)11-6-4-3-5-7-11/h10-12,14H,2-9H2,1H3. The van der Waals surface area contributed by atoms with Crippen molar-refractivity contribution in [1.29, 1.82) is 0 Å². The smallest absolute Gasteiger partial charge is 0.0707 e. The van der Waals surface area contributed by atoms with Gasteiger partial charge in [-0.05, 0) is 25.2 Å². The van der Waals surface area contributed by atoms with E-state index in [2.05, 4.69) is 11.8 Å². The second-order valence-corrected chi connectivity index (χ2v) is 4.98. The molecule has 14 heavy (non-hydrogen) atoms. The highest BCUT2D eigenvalue weighted by Gasteiger charge is 2.33. The maximum Gasteiger partial charge on any atom is 0.0707 e.